The molecule has 1 aliphatic rings. The van der Waals surface area contributed by atoms with Gasteiger partial charge in [0, 0.05) is 22.3 Å². The van der Waals surface area contributed by atoms with Crippen LogP contribution in [0, 0.1) is 0 Å². The van der Waals surface area contributed by atoms with Crippen LogP contribution in [0.25, 0.3) is 5.57 Å². The van der Waals surface area contributed by atoms with E-state index in [2.05, 4.69) is 68.3 Å². The Morgan fingerprint density at radius 2 is 2.03 bits per heavy atom. The van der Waals surface area contributed by atoms with Gasteiger partial charge in [0.2, 0.25) is 0 Å². The Bertz CT molecular complexity index is 996. The van der Waals surface area contributed by atoms with Gasteiger partial charge in [-0.25, -0.2) is 5.43 Å². The third-order valence-electron chi connectivity index (χ3n) is 4.98. The van der Waals surface area contributed by atoms with Gasteiger partial charge in [-0.15, -0.1) is 0 Å². The molecule has 1 heterocycles. The van der Waals surface area contributed by atoms with Gasteiger partial charge in [-0.05, 0) is 76.1 Å². The second-order valence-electron chi connectivity index (χ2n) is 8.26. The van der Waals surface area contributed by atoms with E-state index in [1.165, 1.54) is 16.8 Å². The number of nitrogens with one attached hydrogen (secondary N) is 1. The number of hydrogen-bond donors (Lipinski definition) is 1. The van der Waals surface area contributed by atoms with Gasteiger partial charge in [-0.1, -0.05) is 29.8 Å². The molecule has 0 saturated carbocycles. The third-order valence-corrected chi connectivity index (χ3v) is 5.22. The maximum Gasteiger partial charge on any atom is 0.277 e. The van der Waals surface area contributed by atoms with Crippen LogP contribution in [0.5, 0.6) is 5.75 Å². The molecule has 1 aliphatic heterocycles. The number of rotatable bonds is 6. The zero-order valence-corrected chi connectivity index (χ0v) is 18.8. The Hall–Kier alpha value is -2.79. The Kier molecular flexibility index (Phi) is 6.52. The number of hydrazone groups is 1. The van der Waals surface area contributed by atoms with Gasteiger partial charge in [0.1, 0.15) is 5.75 Å². The molecule has 30 heavy (non-hydrogen) atoms. The molecule has 0 atom stereocenters. The number of fused-ring (bicyclic) bond motifs is 1. The minimum Gasteiger partial charge on any atom is -0.484 e. The van der Waals surface area contributed by atoms with Gasteiger partial charge in [-0.2, -0.15) is 5.10 Å². The number of halogens is 1. The summed E-state index contributed by atoms with van der Waals surface area (Å²) >= 11 is 5.90. The van der Waals surface area contributed by atoms with Gasteiger partial charge in [-0.3, -0.25) is 4.79 Å². The first-order valence-electron chi connectivity index (χ1n) is 10.0. The van der Waals surface area contributed by atoms with E-state index in [-0.39, 0.29) is 18.1 Å². The molecular weight excluding hydrogens is 398 g/mol. The lowest BCUT2D eigenvalue weighted by Gasteiger charge is -2.46. The van der Waals surface area contributed by atoms with Crippen LogP contribution < -0.4 is 15.1 Å². The minimum absolute atomic E-state index is 0.0438. The molecule has 0 aromatic heterocycles. The number of hydrogen-bond acceptors (Lipinski definition) is 4. The van der Waals surface area contributed by atoms with E-state index in [4.69, 9.17) is 16.3 Å². The zero-order valence-electron chi connectivity index (χ0n) is 18.1. The van der Waals surface area contributed by atoms with Crippen molar-refractivity contribution in [1.29, 1.82) is 0 Å². The predicted molar refractivity (Wildman–Crippen MR) is 124 cm³/mol. The highest BCUT2D eigenvalue weighted by molar-refractivity contribution is 6.30. The molecule has 2 aromatic rings. The summed E-state index contributed by atoms with van der Waals surface area (Å²) in [6, 6.07) is 13.5. The van der Waals surface area contributed by atoms with Gasteiger partial charge < -0.3 is 9.64 Å². The number of nitrogens with zero attached hydrogens (tertiary/aromatic N) is 2. The molecule has 0 saturated heterocycles. The molecule has 0 aliphatic carbocycles. The normalized spacial score (nSPS) is 15.2. The lowest BCUT2D eigenvalue weighted by Crippen LogP contribution is -2.49. The highest BCUT2D eigenvalue weighted by atomic mass is 35.5. The van der Waals surface area contributed by atoms with E-state index in [1.54, 1.807) is 30.5 Å². The predicted octanol–water partition coefficient (Wildman–Crippen LogP) is 5.28. The molecule has 1 amide bonds. The lowest BCUT2D eigenvalue weighted by molar-refractivity contribution is -0.123. The summed E-state index contributed by atoms with van der Waals surface area (Å²) in [7, 11) is 0. The van der Waals surface area contributed by atoms with Crippen LogP contribution in [-0.2, 0) is 4.79 Å². The number of anilines is 1. The number of allylic oxidation sites excluding steroid dienone is 1. The molecule has 0 fully saturated rings. The van der Waals surface area contributed by atoms with Gasteiger partial charge >= 0.3 is 0 Å². The number of carbonyl (C=O) groups is 1. The highest BCUT2D eigenvalue weighted by Crippen LogP contribution is 2.40. The largest absolute Gasteiger partial charge is 0.484 e. The molecule has 5 nitrogen and oxygen atoms in total. The summed E-state index contributed by atoms with van der Waals surface area (Å²) in [6.07, 6.45) is 3.94. The maximum absolute atomic E-state index is 12.0. The number of carbonyl (C=O) groups excluding carboxylic acids is 1. The van der Waals surface area contributed by atoms with Crippen LogP contribution in [0.3, 0.4) is 0 Å². The molecule has 3 rings (SSSR count). The van der Waals surface area contributed by atoms with Crippen molar-refractivity contribution in [2.45, 2.75) is 46.2 Å². The van der Waals surface area contributed by atoms with Crippen molar-refractivity contribution in [3.8, 4) is 5.75 Å². The standard InChI is InChI=1S/C24H28ClN3O2/c1-16(2)28-22-10-9-18(11-21(22)17(3)13-24(28,4)5)14-26-27-23(29)15-30-20-8-6-7-19(25)12-20/h6-14,16H,15H2,1-5H3,(H,27,29)/b26-14+. The van der Waals surface area contributed by atoms with Crippen molar-refractivity contribution in [1.82, 2.24) is 5.43 Å². The average molecular weight is 426 g/mol. The molecular formula is C24H28ClN3O2. The number of benzene rings is 2. The Morgan fingerprint density at radius 3 is 2.73 bits per heavy atom. The van der Waals surface area contributed by atoms with Crippen LogP contribution in [0.1, 0.15) is 45.7 Å². The summed E-state index contributed by atoms with van der Waals surface area (Å²) in [6.45, 7) is 10.9. The second kappa shape index (κ2) is 8.92. The molecule has 158 valence electrons. The minimum atomic E-state index is -0.340. The topological polar surface area (TPSA) is 53.9 Å². The fourth-order valence-corrected chi connectivity index (χ4v) is 4.19. The van der Waals surface area contributed by atoms with Crippen LogP contribution in [-0.4, -0.2) is 30.3 Å². The van der Waals surface area contributed by atoms with E-state index in [0.717, 1.165) is 5.56 Å². The maximum atomic E-state index is 12.0. The fraction of sp³-hybridized carbons (Fsp3) is 0.333. The van der Waals surface area contributed by atoms with Gasteiger partial charge in [0.25, 0.3) is 5.91 Å². The van der Waals surface area contributed by atoms with Gasteiger partial charge in [0.15, 0.2) is 6.61 Å². The summed E-state index contributed by atoms with van der Waals surface area (Å²) < 4.78 is 5.41. The van der Waals surface area contributed by atoms with Crippen molar-refractivity contribution < 1.29 is 9.53 Å². The second-order valence-corrected chi connectivity index (χ2v) is 8.70. The summed E-state index contributed by atoms with van der Waals surface area (Å²) in [4.78, 5) is 14.4. The van der Waals surface area contributed by atoms with E-state index < -0.39 is 0 Å². The average Bonchev–Trinajstić information content (AvgIpc) is 2.66. The molecule has 0 bridgehead atoms. The number of amides is 1. The molecule has 0 radical (unpaired) electrons. The lowest BCUT2D eigenvalue weighted by atomic mass is 9.87. The summed E-state index contributed by atoms with van der Waals surface area (Å²) in [5, 5.41) is 4.62. The molecule has 0 spiro atoms. The van der Waals surface area contributed by atoms with Crippen LogP contribution >= 0.6 is 11.6 Å². The first-order valence-corrected chi connectivity index (χ1v) is 10.4. The van der Waals surface area contributed by atoms with Gasteiger partial charge in [0.05, 0.1) is 11.8 Å². The smallest absolute Gasteiger partial charge is 0.277 e. The van der Waals surface area contributed by atoms with Crippen molar-refractivity contribution in [3.63, 3.8) is 0 Å². The quantitative estimate of drug-likeness (QED) is 0.506. The van der Waals surface area contributed by atoms with E-state index in [0.29, 0.717) is 16.8 Å². The van der Waals surface area contributed by atoms with E-state index >= 15 is 0 Å². The SMILES string of the molecule is CC1=CC(C)(C)N(C(C)C)c2ccc(/C=N/NC(=O)COc3cccc(Cl)c3)cc21. The molecule has 0 unspecified atom stereocenters. The van der Waals surface area contributed by atoms with Crippen LogP contribution in [0.15, 0.2) is 53.6 Å². The summed E-state index contributed by atoms with van der Waals surface area (Å²) in [5.74, 6) is 0.198. The van der Waals surface area contributed by atoms with Crippen molar-refractivity contribution in [3.05, 3.63) is 64.7 Å². The summed E-state index contributed by atoms with van der Waals surface area (Å²) in [5.41, 5.74) is 7.00. The monoisotopic (exact) mass is 425 g/mol. The van der Waals surface area contributed by atoms with E-state index in [9.17, 15) is 4.79 Å². The molecule has 2 aromatic carbocycles. The molecule has 1 N–H and O–H groups in total. The highest BCUT2D eigenvalue weighted by Gasteiger charge is 2.32. The van der Waals surface area contributed by atoms with Crippen molar-refractivity contribution >= 4 is 35.0 Å². The Labute approximate surface area is 183 Å². The Morgan fingerprint density at radius 1 is 1.27 bits per heavy atom. The van der Waals surface area contributed by atoms with Crippen LogP contribution in [0.2, 0.25) is 5.02 Å². The van der Waals surface area contributed by atoms with Crippen molar-refractivity contribution in [2.24, 2.45) is 5.10 Å². The number of ether oxygens (including phenoxy) is 1. The Balaban J connectivity index is 1.66. The third kappa shape index (κ3) is 5.03. The van der Waals surface area contributed by atoms with E-state index in [1.807, 2.05) is 6.07 Å². The first-order chi connectivity index (χ1) is 14.2. The first kappa shape index (κ1) is 21.9. The van der Waals surface area contributed by atoms with Crippen LogP contribution in [0.4, 0.5) is 5.69 Å². The molecule has 6 heteroatoms. The zero-order chi connectivity index (χ0) is 21.9. The van der Waals surface area contributed by atoms with Crippen molar-refractivity contribution in [2.75, 3.05) is 11.5 Å². The fourth-order valence-electron chi connectivity index (χ4n) is 4.01.